The smallest absolute Gasteiger partial charge is 0.268 e. The molecule has 6 heteroatoms. The number of carbonyl (C=O) groups excluding carboxylic acids is 1. The van der Waals surface area contributed by atoms with Gasteiger partial charge < -0.3 is 15.2 Å². The molecule has 100 valence electrons. The number of nitrogens with zero attached hydrogens (tertiary/aromatic N) is 1. The van der Waals surface area contributed by atoms with Crippen LogP contribution in [0.2, 0.25) is 0 Å². The van der Waals surface area contributed by atoms with Gasteiger partial charge in [0.25, 0.3) is 12.3 Å². The van der Waals surface area contributed by atoms with Crippen molar-refractivity contribution in [3.05, 3.63) is 24.0 Å². The summed E-state index contributed by atoms with van der Waals surface area (Å²) < 4.78 is 26.0. The summed E-state index contributed by atoms with van der Waals surface area (Å²) in [6, 6.07) is 3.16. The van der Waals surface area contributed by atoms with E-state index < -0.39 is 13.0 Å². The Kier molecular flexibility index (Phi) is 3.65. The minimum atomic E-state index is -2.47. The van der Waals surface area contributed by atoms with E-state index in [-0.39, 0.29) is 17.1 Å². The summed E-state index contributed by atoms with van der Waals surface area (Å²) in [5, 5.41) is 6.07. The molecule has 0 radical (unpaired) electrons. The zero-order chi connectivity index (χ0) is 13.2. The second-order valence-electron chi connectivity index (χ2n) is 4.88. The highest BCUT2D eigenvalue weighted by Gasteiger charge is 2.31. The van der Waals surface area contributed by atoms with Crippen molar-refractivity contribution in [1.82, 2.24) is 15.2 Å². The SMILES string of the molecule is CC1(NC(=O)c2cccn2CC(F)F)CCNC1. The van der Waals surface area contributed by atoms with Crippen molar-refractivity contribution in [2.75, 3.05) is 13.1 Å². The van der Waals surface area contributed by atoms with Crippen LogP contribution in [0.1, 0.15) is 23.8 Å². The molecule has 1 saturated heterocycles. The molecule has 4 nitrogen and oxygen atoms in total. The molecule has 18 heavy (non-hydrogen) atoms. The number of amides is 1. The van der Waals surface area contributed by atoms with Gasteiger partial charge in [-0.1, -0.05) is 0 Å². The van der Waals surface area contributed by atoms with Crippen molar-refractivity contribution in [3.63, 3.8) is 0 Å². The van der Waals surface area contributed by atoms with E-state index in [4.69, 9.17) is 0 Å². The summed E-state index contributed by atoms with van der Waals surface area (Å²) >= 11 is 0. The van der Waals surface area contributed by atoms with Crippen LogP contribution in [0.3, 0.4) is 0 Å². The Hall–Kier alpha value is -1.43. The number of halogens is 2. The van der Waals surface area contributed by atoms with Crippen molar-refractivity contribution in [2.45, 2.75) is 31.9 Å². The Morgan fingerprint density at radius 2 is 2.44 bits per heavy atom. The molecule has 0 aliphatic carbocycles. The fourth-order valence-corrected chi connectivity index (χ4v) is 2.19. The molecule has 1 amide bonds. The molecule has 0 spiro atoms. The maximum Gasteiger partial charge on any atom is 0.268 e. The van der Waals surface area contributed by atoms with Gasteiger partial charge in [-0.25, -0.2) is 8.78 Å². The van der Waals surface area contributed by atoms with Gasteiger partial charge in [-0.3, -0.25) is 4.79 Å². The van der Waals surface area contributed by atoms with Crippen LogP contribution in [0.25, 0.3) is 0 Å². The first-order valence-electron chi connectivity index (χ1n) is 5.97. The van der Waals surface area contributed by atoms with E-state index >= 15 is 0 Å². The predicted octanol–water partition coefficient (Wildman–Crippen LogP) is 1.24. The van der Waals surface area contributed by atoms with Gasteiger partial charge in [0.05, 0.1) is 12.1 Å². The zero-order valence-corrected chi connectivity index (χ0v) is 10.2. The van der Waals surface area contributed by atoms with Gasteiger partial charge in [-0.2, -0.15) is 0 Å². The van der Waals surface area contributed by atoms with Crippen LogP contribution >= 0.6 is 0 Å². The third kappa shape index (κ3) is 2.87. The highest BCUT2D eigenvalue weighted by Crippen LogP contribution is 2.15. The molecule has 2 rings (SSSR count). The minimum absolute atomic E-state index is 0.281. The molecule has 1 aliphatic heterocycles. The Morgan fingerprint density at radius 1 is 1.67 bits per heavy atom. The number of aromatic nitrogens is 1. The van der Waals surface area contributed by atoms with Gasteiger partial charge in [0, 0.05) is 12.7 Å². The van der Waals surface area contributed by atoms with E-state index in [2.05, 4.69) is 10.6 Å². The molecule has 0 aromatic carbocycles. The molecule has 0 saturated carbocycles. The van der Waals surface area contributed by atoms with Crippen LogP contribution in [0.5, 0.6) is 0 Å². The van der Waals surface area contributed by atoms with Gasteiger partial charge in [0.1, 0.15) is 5.69 Å². The summed E-state index contributed by atoms with van der Waals surface area (Å²) in [5.74, 6) is -0.299. The second kappa shape index (κ2) is 5.06. The Morgan fingerprint density at radius 3 is 3.06 bits per heavy atom. The summed E-state index contributed by atoms with van der Waals surface area (Å²) in [6.45, 7) is 3.05. The second-order valence-corrected chi connectivity index (χ2v) is 4.88. The van der Waals surface area contributed by atoms with Gasteiger partial charge in [0.2, 0.25) is 0 Å². The van der Waals surface area contributed by atoms with E-state index in [0.717, 1.165) is 13.0 Å². The van der Waals surface area contributed by atoms with Gasteiger partial charge >= 0.3 is 0 Å². The maximum absolute atomic E-state index is 12.4. The largest absolute Gasteiger partial charge is 0.344 e. The lowest BCUT2D eigenvalue weighted by molar-refractivity contribution is 0.0891. The van der Waals surface area contributed by atoms with E-state index in [1.165, 1.54) is 10.8 Å². The lowest BCUT2D eigenvalue weighted by Gasteiger charge is -2.24. The number of hydrogen-bond donors (Lipinski definition) is 2. The molecule has 0 bridgehead atoms. The predicted molar refractivity (Wildman–Crippen MR) is 63.8 cm³/mol. The Balaban J connectivity index is 2.07. The van der Waals surface area contributed by atoms with E-state index in [9.17, 15) is 13.6 Å². The van der Waals surface area contributed by atoms with Crippen LogP contribution in [-0.2, 0) is 6.54 Å². The molecule has 1 aromatic rings. The number of carbonyl (C=O) groups is 1. The number of rotatable bonds is 4. The Bertz CT molecular complexity index is 425. The lowest BCUT2D eigenvalue weighted by Crippen LogP contribution is -2.48. The fourth-order valence-electron chi connectivity index (χ4n) is 2.19. The monoisotopic (exact) mass is 257 g/mol. The third-order valence-electron chi connectivity index (χ3n) is 3.18. The molecule has 2 N–H and O–H groups in total. The average molecular weight is 257 g/mol. The van der Waals surface area contributed by atoms with Gasteiger partial charge in [0.15, 0.2) is 0 Å². The first kappa shape index (κ1) is 13.0. The van der Waals surface area contributed by atoms with Crippen LogP contribution in [0.15, 0.2) is 18.3 Å². The first-order valence-corrected chi connectivity index (χ1v) is 5.97. The lowest BCUT2D eigenvalue weighted by atomic mass is 10.0. The molecular weight excluding hydrogens is 240 g/mol. The molecule has 2 heterocycles. The average Bonchev–Trinajstić information content (AvgIpc) is 2.86. The standard InChI is InChI=1S/C12H17F2N3O/c1-12(4-5-15-8-12)16-11(18)9-3-2-6-17(9)7-10(13)14/h2-3,6,10,15H,4-5,7-8H2,1H3,(H,16,18). The molecular formula is C12H17F2N3O. The highest BCUT2D eigenvalue weighted by atomic mass is 19.3. The fraction of sp³-hybridized carbons (Fsp3) is 0.583. The van der Waals surface area contributed by atoms with Crippen LogP contribution in [0, 0.1) is 0 Å². The normalized spacial score (nSPS) is 23.6. The topological polar surface area (TPSA) is 46.1 Å². The number of alkyl halides is 2. The van der Waals surface area contributed by atoms with Crippen molar-refractivity contribution in [1.29, 1.82) is 0 Å². The molecule has 1 aliphatic rings. The first-order chi connectivity index (χ1) is 8.50. The van der Waals surface area contributed by atoms with Crippen LogP contribution < -0.4 is 10.6 Å². The third-order valence-corrected chi connectivity index (χ3v) is 3.18. The van der Waals surface area contributed by atoms with E-state index in [1.54, 1.807) is 12.1 Å². The van der Waals surface area contributed by atoms with Crippen molar-refractivity contribution >= 4 is 5.91 Å². The van der Waals surface area contributed by atoms with Gasteiger partial charge in [-0.05, 0) is 32.0 Å². The zero-order valence-electron chi connectivity index (χ0n) is 10.2. The number of nitrogens with one attached hydrogen (secondary N) is 2. The van der Waals surface area contributed by atoms with E-state index in [0.29, 0.717) is 6.54 Å². The minimum Gasteiger partial charge on any atom is -0.344 e. The molecule has 1 fully saturated rings. The summed E-state index contributed by atoms with van der Waals surface area (Å²) in [6.07, 6.45) is -0.127. The van der Waals surface area contributed by atoms with Crippen LogP contribution in [-0.4, -0.2) is 35.5 Å². The van der Waals surface area contributed by atoms with Gasteiger partial charge in [-0.15, -0.1) is 0 Å². The summed E-state index contributed by atoms with van der Waals surface area (Å²) in [4.78, 5) is 12.1. The maximum atomic E-state index is 12.4. The molecule has 1 aromatic heterocycles. The Labute approximate surface area is 104 Å². The molecule has 1 unspecified atom stereocenters. The quantitative estimate of drug-likeness (QED) is 0.852. The summed E-state index contributed by atoms with van der Waals surface area (Å²) in [5.41, 5.74) is -0.0137. The van der Waals surface area contributed by atoms with E-state index in [1.807, 2.05) is 6.92 Å². The summed E-state index contributed by atoms with van der Waals surface area (Å²) in [7, 11) is 0. The van der Waals surface area contributed by atoms with Crippen LogP contribution in [0.4, 0.5) is 8.78 Å². The van der Waals surface area contributed by atoms with Crippen molar-refractivity contribution < 1.29 is 13.6 Å². The van der Waals surface area contributed by atoms with Crippen molar-refractivity contribution in [2.24, 2.45) is 0 Å². The van der Waals surface area contributed by atoms with Crippen molar-refractivity contribution in [3.8, 4) is 0 Å². The molecule has 1 atom stereocenters. The number of hydrogen-bond acceptors (Lipinski definition) is 2. The highest BCUT2D eigenvalue weighted by molar-refractivity contribution is 5.93.